The highest BCUT2D eigenvalue weighted by Gasteiger charge is 2.00. The molecular weight excluding hydrogens is 242 g/mol. The Morgan fingerprint density at radius 3 is 2.94 bits per heavy atom. The molecule has 0 fully saturated rings. The molecule has 0 saturated carbocycles. The van der Waals surface area contributed by atoms with Gasteiger partial charge in [0.15, 0.2) is 4.77 Å². The number of fused-ring (bicyclic) bond motifs is 2. The molecule has 0 radical (unpaired) electrons. The molecule has 3 aromatic rings. The molecule has 0 saturated heterocycles. The molecule has 3 rings (SSSR count). The number of nitrogens with one attached hydrogen (secondary N) is 1. The van der Waals surface area contributed by atoms with E-state index in [4.69, 9.17) is 23.8 Å². The van der Waals surface area contributed by atoms with Gasteiger partial charge in [-0.25, -0.2) is 9.97 Å². The van der Waals surface area contributed by atoms with Crippen LogP contribution in [-0.2, 0) is 0 Å². The summed E-state index contributed by atoms with van der Waals surface area (Å²) in [5.41, 5.74) is 1.58. The van der Waals surface area contributed by atoms with Gasteiger partial charge >= 0.3 is 0 Å². The Hall–Kier alpha value is -1.52. The Morgan fingerprint density at radius 1 is 1.19 bits per heavy atom. The lowest BCUT2D eigenvalue weighted by molar-refractivity contribution is 1.16. The molecule has 1 N–H and O–H groups in total. The van der Waals surface area contributed by atoms with Crippen molar-refractivity contribution in [2.24, 2.45) is 0 Å². The zero-order valence-corrected chi connectivity index (χ0v) is 9.64. The predicted molar refractivity (Wildman–Crippen MR) is 67.2 cm³/mol. The lowest BCUT2D eigenvalue weighted by Crippen LogP contribution is -1.88. The molecule has 0 bridgehead atoms. The van der Waals surface area contributed by atoms with Crippen LogP contribution in [0.25, 0.3) is 21.9 Å². The van der Waals surface area contributed by atoms with Crippen molar-refractivity contribution < 1.29 is 0 Å². The van der Waals surface area contributed by atoms with Crippen LogP contribution in [0, 0.1) is 4.77 Å². The van der Waals surface area contributed by atoms with Crippen LogP contribution in [0.4, 0.5) is 0 Å². The summed E-state index contributed by atoms with van der Waals surface area (Å²) in [5, 5.41) is 2.64. The molecule has 2 aromatic heterocycles. The number of rotatable bonds is 0. The Balaban J connectivity index is 2.49. The van der Waals surface area contributed by atoms with Crippen LogP contribution in [0.2, 0.25) is 5.02 Å². The third-order valence-electron chi connectivity index (χ3n) is 2.36. The molecule has 5 heteroatoms. The van der Waals surface area contributed by atoms with Crippen LogP contribution in [0.1, 0.15) is 0 Å². The minimum absolute atomic E-state index is 0.432. The highest BCUT2D eigenvalue weighted by molar-refractivity contribution is 7.71. The number of aromatic amines is 1. The first kappa shape index (κ1) is 9.69. The van der Waals surface area contributed by atoms with Crippen molar-refractivity contribution in [1.82, 2.24) is 15.0 Å². The lowest BCUT2D eigenvalue weighted by atomic mass is 10.2. The van der Waals surface area contributed by atoms with E-state index in [1.165, 1.54) is 0 Å². The second kappa shape index (κ2) is 3.50. The zero-order chi connectivity index (χ0) is 11.1. The number of nitrogens with zero attached hydrogens (tertiary/aromatic N) is 2. The van der Waals surface area contributed by atoms with E-state index in [0.29, 0.717) is 9.79 Å². The number of pyridine rings is 1. The van der Waals surface area contributed by atoms with E-state index in [1.54, 1.807) is 6.20 Å². The number of hydrogen-bond donors (Lipinski definition) is 1. The SMILES string of the molecule is S=c1ncc2cc3ccc(Cl)cc3nc2[nH]1. The fourth-order valence-electron chi connectivity index (χ4n) is 1.62. The Kier molecular flexibility index (Phi) is 2.12. The standard InChI is InChI=1S/C11H6ClN3S/c12-8-2-1-6-3-7-5-13-11(16)15-10(7)14-9(6)4-8/h1-5H,(H,13,14,15,16). The van der Waals surface area contributed by atoms with E-state index in [1.807, 2.05) is 24.3 Å². The second-order valence-electron chi connectivity index (χ2n) is 3.45. The van der Waals surface area contributed by atoms with Crippen LogP contribution in [-0.4, -0.2) is 15.0 Å². The quantitative estimate of drug-likeness (QED) is 0.488. The molecule has 78 valence electrons. The average Bonchev–Trinajstić information content (AvgIpc) is 2.26. The van der Waals surface area contributed by atoms with Gasteiger partial charge in [0.05, 0.1) is 5.52 Å². The maximum atomic E-state index is 5.92. The van der Waals surface area contributed by atoms with Gasteiger partial charge in [-0.3, -0.25) is 0 Å². The van der Waals surface area contributed by atoms with E-state index < -0.39 is 0 Å². The fraction of sp³-hybridized carbons (Fsp3) is 0. The minimum atomic E-state index is 0.432. The first-order chi connectivity index (χ1) is 7.72. The third kappa shape index (κ3) is 1.56. The van der Waals surface area contributed by atoms with Crippen molar-refractivity contribution in [2.75, 3.05) is 0 Å². The molecule has 0 aliphatic rings. The molecule has 0 amide bonds. The Bertz CT molecular complexity index is 751. The molecule has 0 atom stereocenters. The average molecular weight is 248 g/mol. The van der Waals surface area contributed by atoms with Crippen LogP contribution < -0.4 is 0 Å². The summed E-state index contributed by atoms with van der Waals surface area (Å²) in [6.45, 7) is 0. The molecule has 0 spiro atoms. The summed E-state index contributed by atoms with van der Waals surface area (Å²) in [7, 11) is 0. The Morgan fingerprint density at radius 2 is 2.06 bits per heavy atom. The summed E-state index contributed by atoms with van der Waals surface area (Å²) in [6.07, 6.45) is 1.72. The maximum Gasteiger partial charge on any atom is 0.198 e. The molecule has 2 heterocycles. The topological polar surface area (TPSA) is 41.6 Å². The second-order valence-corrected chi connectivity index (χ2v) is 4.27. The number of hydrogen-bond acceptors (Lipinski definition) is 3. The monoisotopic (exact) mass is 247 g/mol. The largest absolute Gasteiger partial charge is 0.315 e. The highest BCUT2D eigenvalue weighted by atomic mass is 35.5. The molecule has 1 aromatic carbocycles. The van der Waals surface area contributed by atoms with E-state index >= 15 is 0 Å². The molecule has 0 aliphatic carbocycles. The molecule has 0 unspecified atom stereocenters. The zero-order valence-electron chi connectivity index (χ0n) is 8.07. The van der Waals surface area contributed by atoms with Gasteiger partial charge < -0.3 is 4.98 Å². The van der Waals surface area contributed by atoms with Gasteiger partial charge in [0, 0.05) is 22.0 Å². The van der Waals surface area contributed by atoms with Crippen molar-refractivity contribution in [3.05, 3.63) is 40.3 Å². The van der Waals surface area contributed by atoms with Gasteiger partial charge in [0.2, 0.25) is 0 Å². The summed E-state index contributed by atoms with van der Waals surface area (Å²) in [4.78, 5) is 11.4. The first-order valence-electron chi connectivity index (χ1n) is 4.68. The lowest BCUT2D eigenvalue weighted by Gasteiger charge is -2.01. The Labute approximate surface area is 101 Å². The van der Waals surface area contributed by atoms with Crippen molar-refractivity contribution in [3.8, 4) is 0 Å². The third-order valence-corrected chi connectivity index (χ3v) is 2.80. The van der Waals surface area contributed by atoms with E-state index in [2.05, 4.69) is 15.0 Å². The van der Waals surface area contributed by atoms with E-state index in [-0.39, 0.29) is 0 Å². The number of benzene rings is 1. The van der Waals surface area contributed by atoms with Gasteiger partial charge in [0.25, 0.3) is 0 Å². The van der Waals surface area contributed by atoms with E-state index in [0.717, 1.165) is 21.9 Å². The van der Waals surface area contributed by atoms with E-state index in [9.17, 15) is 0 Å². The summed E-state index contributed by atoms with van der Waals surface area (Å²) in [5.74, 6) is 0. The normalized spacial score (nSPS) is 11.1. The van der Waals surface area contributed by atoms with Crippen LogP contribution >= 0.6 is 23.8 Å². The summed E-state index contributed by atoms with van der Waals surface area (Å²) < 4.78 is 0.432. The predicted octanol–water partition coefficient (Wildman–Crippen LogP) is 3.49. The van der Waals surface area contributed by atoms with Crippen LogP contribution in [0.3, 0.4) is 0 Å². The maximum absolute atomic E-state index is 5.92. The fourth-order valence-corrected chi connectivity index (χ4v) is 1.93. The molecule has 0 aliphatic heterocycles. The van der Waals surface area contributed by atoms with Crippen LogP contribution in [0.5, 0.6) is 0 Å². The van der Waals surface area contributed by atoms with Crippen LogP contribution in [0.15, 0.2) is 30.5 Å². The molecular formula is C11H6ClN3S. The number of aromatic nitrogens is 3. The van der Waals surface area contributed by atoms with Crippen molar-refractivity contribution in [3.63, 3.8) is 0 Å². The molecule has 3 nitrogen and oxygen atoms in total. The van der Waals surface area contributed by atoms with Gasteiger partial charge in [-0.15, -0.1) is 0 Å². The van der Waals surface area contributed by atoms with Crippen molar-refractivity contribution >= 4 is 45.8 Å². The molecule has 16 heavy (non-hydrogen) atoms. The smallest absolute Gasteiger partial charge is 0.198 e. The highest BCUT2D eigenvalue weighted by Crippen LogP contribution is 2.20. The van der Waals surface area contributed by atoms with Gasteiger partial charge in [0.1, 0.15) is 5.65 Å². The summed E-state index contributed by atoms with van der Waals surface area (Å²) >= 11 is 10.9. The van der Waals surface area contributed by atoms with Gasteiger partial charge in [-0.05, 0) is 30.4 Å². The first-order valence-corrected chi connectivity index (χ1v) is 5.46. The number of halogens is 1. The summed E-state index contributed by atoms with van der Waals surface area (Å²) in [6, 6.07) is 7.61. The minimum Gasteiger partial charge on any atom is -0.315 e. The van der Waals surface area contributed by atoms with Crippen molar-refractivity contribution in [2.45, 2.75) is 0 Å². The van der Waals surface area contributed by atoms with Gasteiger partial charge in [-0.1, -0.05) is 17.7 Å². The van der Waals surface area contributed by atoms with Gasteiger partial charge in [-0.2, -0.15) is 0 Å². The van der Waals surface area contributed by atoms with Crippen molar-refractivity contribution in [1.29, 1.82) is 0 Å². The number of H-pyrrole nitrogens is 1.